The zero-order valence-corrected chi connectivity index (χ0v) is 10.4. The molecule has 0 aliphatic heterocycles. The molecule has 2 aromatic heterocycles. The van der Waals surface area contributed by atoms with Gasteiger partial charge < -0.3 is 0 Å². The number of nitrogens with two attached hydrogens (primary N) is 1. The molecule has 21 heavy (non-hydrogen) atoms. The van der Waals surface area contributed by atoms with Crippen LogP contribution in [0, 0.1) is 17.0 Å². The molecule has 2 aromatic rings. The van der Waals surface area contributed by atoms with Crippen molar-refractivity contribution in [2.45, 2.75) is 13.1 Å². The first-order valence-corrected chi connectivity index (χ1v) is 5.37. The Labute approximate surface area is 114 Å². The van der Waals surface area contributed by atoms with Gasteiger partial charge in [-0.15, -0.1) is 0 Å². The summed E-state index contributed by atoms with van der Waals surface area (Å²) < 4.78 is 38.2. The van der Waals surface area contributed by atoms with Gasteiger partial charge in [-0.05, 0) is 13.0 Å². The lowest BCUT2D eigenvalue weighted by Gasteiger charge is -2.07. The van der Waals surface area contributed by atoms with Crippen LogP contribution in [0.4, 0.5) is 24.8 Å². The maximum absolute atomic E-state index is 12.5. The Morgan fingerprint density at radius 3 is 2.57 bits per heavy atom. The lowest BCUT2D eigenvalue weighted by Crippen LogP contribution is -2.15. The van der Waals surface area contributed by atoms with E-state index in [-0.39, 0.29) is 11.6 Å². The third kappa shape index (κ3) is 2.74. The number of rotatable bonds is 3. The summed E-state index contributed by atoms with van der Waals surface area (Å²) in [6, 6.07) is 0.677. The van der Waals surface area contributed by atoms with Crippen LogP contribution in [0.3, 0.4) is 0 Å². The van der Waals surface area contributed by atoms with Crippen LogP contribution >= 0.6 is 0 Å². The summed E-state index contributed by atoms with van der Waals surface area (Å²) in [5.74, 6) is 4.51. The number of aromatic nitrogens is 4. The van der Waals surface area contributed by atoms with Crippen LogP contribution in [-0.4, -0.2) is 24.7 Å². The van der Waals surface area contributed by atoms with Gasteiger partial charge in [-0.2, -0.15) is 23.3 Å². The Morgan fingerprint density at radius 1 is 1.43 bits per heavy atom. The van der Waals surface area contributed by atoms with Gasteiger partial charge in [0, 0.05) is 6.20 Å². The number of aryl methyl sites for hydroxylation is 1. The number of hydrogen-bond acceptors (Lipinski definition) is 7. The molecule has 12 heteroatoms. The minimum atomic E-state index is -4.67. The van der Waals surface area contributed by atoms with Crippen molar-refractivity contribution in [3.8, 4) is 5.82 Å². The number of hydrogen-bond donors (Lipinski definition) is 2. The van der Waals surface area contributed by atoms with Crippen molar-refractivity contribution in [1.29, 1.82) is 0 Å². The molecule has 0 saturated carbocycles. The average Bonchev–Trinajstić information content (AvgIpc) is 2.86. The van der Waals surface area contributed by atoms with E-state index in [1.165, 1.54) is 6.92 Å². The summed E-state index contributed by atoms with van der Waals surface area (Å²) >= 11 is 0. The summed E-state index contributed by atoms with van der Waals surface area (Å²) in [6.07, 6.45) is -3.76. The van der Waals surface area contributed by atoms with Gasteiger partial charge in [-0.1, -0.05) is 0 Å². The molecule has 2 heterocycles. The molecule has 0 saturated heterocycles. The van der Waals surface area contributed by atoms with Gasteiger partial charge in [0.1, 0.15) is 5.69 Å². The summed E-state index contributed by atoms with van der Waals surface area (Å²) in [6.45, 7) is 1.30. The predicted molar refractivity (Wildman–Crippen MR) is 63.4 cm³/mol. The van der Waals surface area contributed by atoms with Gasteiger partial charge in [-0.3, -0.25) is 15.5 Å². The van der Waals surface area contributed by atoms with E-state index in [2.05, 4.69) is 20.5 Å². The van der Waals surface area contributed by atoms with E-state index >= 15 is 0 Å². The molecule has 0 atom stereocenters. The highest BCUT2D eigenvalue weighted by molar-refractivity contribution is 5.52. The second kappa shape index (κ2) is 4.97. The van der Waals surface area contributed by atoms with Crippen LogP contribution in [0.5, 0.6) is 0 Å². The lowest BCUT2D eigenvalue weighted by molar-refractivity contribution is -0.385. The molecule has 0 aliphatic carbocycles. The highest BCUT2D eigenvalue weighted by Crippen LogP contribution is 2.30. The maximum atomic E-state index is 12.5. The minimum absolute atomic E-state index is 0.0676. The van der Waals surface area contributed by atoms with Gasteiger partial charge >= 0.3 is 11.9 Å². The maximum Gasteiger partial charge on any atom is 0.435 e. The van der Waals surface area contributed by atoms with Gasteiger partial charge in [0.2, 0.25) is 11.8 Å². The zero-order chi connectivity index (χ0) is 15.8. The standard InChI is InChI=1S/C9H8F3N7O2/c1-4-6(19(20)21)7(15-8(14-4)16-13)18-3-2-5(17-18)9(10,11)12/h2-3H,13H2,1H3,(H,14,15,16). The van der Waals surface area contributed by atoms with Crippen molar-refractivity contribution in [1.82, 2.24) is 19.7 Å². The number of nitrogens with one attached hydrogen (secondary N) is 1. The van der Waals surface area contributed by atoms with Crippen molar-refractivity contribution in [3.63, 3.8) is 0 Å². The van der Waals surface area contributed by atoms with Crippen LogP contribution in [0.15, 0.2) is 12.3 Å². The monoisotopic (exact) mass is 303 g/mol. The fourth-order valence-corrected chi connectivity index (χ4v) is 1.58. The fraction of sp³-hybridized carbons (Fsp3) is 0.222. The topological polar surface area (TPSA) is 125 Å². The SMILES string of the molecule is Cc1nc(NN)nc(-n2ccc(C(F)(F)F)n2)c1[N+](=O)[O-]. The fourth-order valence-electron chi connectivity index (χ4n) is 1.58. The Bertz CT molecular complexity index is 697. The van der Waals surface area contributed by atoms with Crippen molar-refractivity contribution < 1.29 is 18.1 Å². The van der Waals surface area contributed by atoms with E-state index in [1.54, 1.807) is 0 Å². The second-order valence-corrected chi connectivity index (χ2v) is 3.85. The van der Waals surface area contributed by atoms with Crippen molar-refractivity contribution >= 4 is 11.6 Å². The van der Waals surface area contributed by atoms with Crippen LogP contribution in [0.2, 0.25) is 0 Å². The molecule has 0 fully saturated rings. The summed E-state index contributed by atoms with van der Waals surface area (Å²) in [7, 11) is 0. The number of nitrogen functional groups attached to an aromatic ring is 1. The number of anilines is 1. The molecule has 0 spiro atoms. The van der Waals surface area contributed by atoms with Crippen LogP contribution in [0.1, 0.15) is 11.4 Å². The first-order valence-electron chi connectivity index (χ1n) is 5.37. The van der Waals surface area contributed by atoms with Gasteiger partial charge in [0.15, 0.2) is 5.69 Å². The Kier molecular flexibility index (Phi) is 3.47. The summed E-state index contributed by atoms with van der Waals surface area (Å²) in [5.41, 5.74) is 0.243. The van der Waals surface area contributed by atoms with Crippen molar-refractivity contribution in [2.75, 3.05) is 5.43 Å². The quantitative estimate of drug-likeness (QED) is 0.495. The molecule has 9 nitrogen and oxygen atoms in total. The lowest BCUT2D eigenvalue weighted by atomic mass is 10.3. The minimum Gasteiger partial charge on any atom is -0.292 e. The van der Waals surface area contributed by atoms with Crippen molar-refractivity contribution in [3.05, 3.63) is 33.8 Å². The average molecular weight is 303 g/mol. The molecular formula is C9H8F3N7O2. The first-order chi connectivity index (χ1) is 9.74. The largest absolute Gasteiger partial charge is 0.435 e. The molecule has 2 rings (SSSR count). The van der Waals surface area contributed by atoms with Gasteiger partial charge in [0.25, 0.3) is 0 Å². The first kappa shape index (κ1) is 14.6. The van der Waals surface area contributed by atoms with E-state index < -0.39 is 28.3 Å². The van der Waals surface area contributed by atoms with E-state index in [9.17, 15) is 23.3 Å². The highest BCUT2D eigenvalue weighted by Gasteiger charge is 2.34. The zero-order valence-electron chi connectivity index (χ0n) is 10.4. The molecule has 0 radical (unpaired) electrons. The van der Waals surface area contributed by atoms with Gasteiger partial charge in [-0.25, -0.2) is 15.5 Å². The normalized spacial score (nSPS) is 11.5. The van der Waals surface area contributed by atoms with E-state index in [0.717, 1.165) is 6.20 Å². The predicted octanol–water partition coefficient (Wildman–Crippen LogP) is 1.18. The molecule has 0 bridgehead atoms. The van der Waals surface area contributed by atoms with Crippen LogP contribution < -0.4 is 11.3 Å². The molecule has 0 amide bonds. The highest BCUT2D eigenvalue weighted by atomic mass is 19.4. The smallest absolute Gasteiger partial charge is 0.292 e. The van der Waals surface area contributed by atoms with E-state index in [4.69, 9.17) is 5.84 Å². The number of nitro groups is 1. The molecule has 0 unspecified atom stereocenters. The number of nitrogens with zero attached hydrogens (tertiary/aromatic N) is 5. The third-order valence-corrected chi connectivity index (χ3v) is 2.45. The number of hydrazine groups is 1. The Morgan fingerprint density at radius 2 is 2.10 bits per heavy atom. The summed E-state index contributed by atoms with van der Waals surface area (Å²) in [4.78, 5) is 17.6. The molecule has 3 N–H and O–H groups in total. The molecule has 0 aliphatic rings. The Balaban J connectivity index is 2.64. The summed E-state index contributed by atoms with van der Waals surface area (Å²) in [5, 5.41) is 14.3. The van der Waals surface area contributed by atoms with Crippen LogP contribution in [0.25, 0.3) is 5.82 Å². The van der Waals surface area contributed by atoms with E-state index in [0.29, 0.717) is 10.7 Å². The van der Waals surface area contributed by atoms with Gasteiger partial charge in [0.05, 0.1) is 4.92 Å². The second-order valence-electron chi connectivity index (χ2n) is 3.85. The molecule has 112 valence electrons. The number of alkyl halides is 3. The van der Waals surface area contributed by atoms with E-state index in [1.807, 2.05) is 0 Å². The third-order valence-electron chi connectivity index (χ3n) is 2.45. The van der Waals surface area contributed by atoms with Crippen molar-refractivity contribution in [2.24, 2.45) is 5.84 Å². The van der Waals surface area contributed by atoms with Crippen LogP contribution in [-0.2, 0) is 6.18 Å². The molecular weight excluding hydrogens is 295 g/mol. The molecule has 0 aromatic carbocycles. The Hall–Kier alpha value is -2.76. The number of halogens is 3.